The maximum atomic E-state index is 11.0. The molecule has 7 N–H and O–H groups in total. The molecule has 0 aliphatic heterocycles. The third-order valence-corrected chi connectivity index (χ3v) is 4.80. The SMILES string of the molecule is CC(Cn1cnc2c(NC(C)c3ccc(O)c(O)c3)nc(N)nc21)OCP(=O)(O)O. The first kappa shape index (κ1) is 21.8. The van der Waals surface area contributed by atoms with E-state index in [-0.39, 0.29) is 30.0 Å². The lowest BCUT2D eigenvalue weighted by Gasteiger charge is -2.17. The summed E-state index contributed by atoms with van der Waals surface area (Å²) in [5.74, 6) is -0.0630. The number of fused-ring (bicyclic) bond motifs is 1. The Morgan fingerprint density at radius 1 is 1.23 bits per heavy atom. The summed E-state index contributed by atoms with van der Waals surface area (Å²) in [4.78, 5) is 30.6. The lowest BCUT2D eigenvalue weighted by atomic mass is 10.1. The Labute approximate surface area is 171 Å². The summed E-state index contributed by atoms with van der Waals surface area (Å²) in [5.41, 5.74) is 7.42. The molecule has 2 unspecified atom stereocenters. The van der Waals surface area contributed by atoms with Crippen LogP contribution in [-0.2, 0) is 15.8 Å². The summed E-state index contributed by atoms with van der Waals surface area (Å²) < 4.78 is 17.8. The second-order valence-corrected chi connectivity index (χ2v) is 8.47. The summed E-state index contributed by atoms with van der Waals surface area (Å²) >= 11 is 0. The van der Waals surface area contributed by atoms with Crippen LogP contribution in [0.4, 0.5) is 11.8 Å². The van der Waals surface area contributed by atoms with Gasteiger partial charge in [-0.25, -0.2) is 4.98 Å². The molecule has 2 heterocycles. The van der Waals surface area contributed by atoms with Crippen molar-refractivity contribution in [1.29, 1.82) is 0 Å². The minimum Gasteiger partial charge on any atom is -0.504 e. The molecule has 3 aromatic rings. The monoisotopic (exact) mass is 438 g/mol. The molecule has 3 rings (SSSR count). The number of nitrogen functional groups attached to an aromatic ring is 1. The van der Waals surface area contributed by atoms with Crippen molar-refractivity contribution in [2.45, 2.75) is 32.5 Å². The summed E-state index contributed by atoms with van der Waals surface area (Å²) in [6.07, 6.45) is 0.321. The van der Waals surface area contributed by atoms with Crippen molar-refractivity contribution < 1.29 is 29.3 Å². The summed E-state index contributed by atoms with van der Waals surface area (Å²) in [7, 11) is -4.26. The van der Waals surface area contributed by atoms with Crippen LogP contribution in [0.25, 0.3) is 11.2 Å². The zero-order valence-corrected chi connectivity index (χ0v) is 17.2. The molecule has 13 heteroatoms. The topological polar surface area (TPSA) is 189 Å². The van der Waals surface area contributed by atoms with Gasteiger partial charge in [-0.3, -0.25) is 4.57 Å². The van der Waals surface area contributed by atoms with Gasteiger partial charge in [-0.1, -0.05) is 6.07 Å². The van der Waals surface area contributed by atoms with E-state index in [0.29, 0.717) is 22.5 Å². The molecule has 162 valence electrons. The first-order valence-electron chi connectivity index (χ1n) is 8.96. The van der Waals surface area contributed by atoms with Gasteiger partial charge in [0, 0.05) is 0 Å². The summed E-state index contributed by atoms with van der Waals surface area (Å²) in [6.45, 7) is 3.75. The van der Waals surface area contributed by atoms with Crippen LogP contribution in [0.2, 0.25) is 0 Å². The molecule has 0 spiro atoms. The van der Waals surface area contributed by atoms with Gasteiger partial charge in [-0.2, -0.15) is 9.97 Å². The fraction of sp³-hybridized carbons (Fsp3) is 0.353. The normalized spacial score (nSPS) is 14.0. The first-order valence-corrected chi connectivity index (χ1v) is 10.8. The zero-order valence-electron chi connectivity index (χ0n) is 16.3. The Balaban J connectivity index is 1.83. The highest BCUT2D eigenvalue weighted by Crippen LogP contribution is 2.34. The molecule has 0 amide bonds. The van der Waals surface area contributed by atoms with Gasteiger partial charge in [-0.05, 0) is 31.5 Å². The van der Waals surface area contributed by atoms with Crippen LogP contribution in [0.3, 0.4) is 0 Å². The predicted octanol–water partition coefficient (Wildman–Crippen LogP) is 1.53. The second-order valence-electron chi connectivity index (χ2n) is 6.88. The molecule has 1 aromatic carbocycles. The average Bonchev–Trinajstić information content (AvgIpc) is 3.04. The summed E-state index contributed by atoms with van der Waals surface area (Å²) in [6, 6.07) is 4.19. The van der Waals surface area contributed by atoms with Crippen LogP contribution >= 0.6 is 7.60 Å². The minimum absolute atomic E-state index is 0.0105. The Morgan fingerprint density at radius 2 is 1.97 bits per heavy atom. The fourth-order valence-corrected chi connectivity index (χ4v) is 3.30. The molecule has 2 atom stereocenters. The third-order valence-electron chi connectivity index (χ3n) is 4.31. The average molecular weight is 438 g/mol. The molecular weight excluding hydrogens is 415 g/mol. The number of phenolic OH excluding ortho intramolecular Hbond substituents is 2. The van der Waals surface area contributed by atoms with Gasteiger partial charge in [0.25, 0.3) is 0 Å². The molecule has 30 heavy (non-hydrogen) atoms. The number of hydrogen-bond acceptors (Lipinski definition) is 9. The number of hydrogen-bond donors (Lipinski definition) is 6. The Kier molecular flexibility index (Phi) is 6.13. The van der Waals surface area contributed by atoms with Gasteiger partial charge in [0.1, 0.15) is 6.35 Å². The van der Waals surface area contributed by atoms with Gasteiger partial charge < -0.3 is 40.4 Å². The number of imidazole rings is 1. The van der Waals surface area contributed by atoms with Gasteiger partial charge in [-0.15, -0.1) is 0 Å². The third kappa shape index (κ3) is 5.16. The lowest BCUT2D eigenvalue weighted by molar-refractivity contribution is 0.0764. The quantitative estimate of drug-likeness (QED) is 0.221. The molecule has 0 radical (unpaired) electrons. The number of nitrogens with two attached hydrogens (primary N) is 1. The Bertz CT molecular complexity index is 1100. The van der Waals surface area contributed by atoms with Gasteiger partial charge in [0.05, 0.1) is 25.0 Å². The number of phenols is 2. The zero-order chi connectivity index (χ0) is 22.1. The van der Waals surface area contributed by atoms with Crippen molar-refractivity contribution in [3.05, 3.63) is 30.1 Å². The van der Waals surface area contributed by atoms with E-state index >= 15 is 0 Å². The highest BCUT2D eigenvalue weighted by atomic mass is 31.2. The van der Waals surface area contributed by atoms with Gasteiger partial charge in [0.2, 0.25) is 5.95 Å². The molecule has 0 fully saturated rings. The van der Waals surface area contributed by atoms with Crippen LogP contribution in [0, 0.1) is 0 Å². The number of nitrogens with zero attached hydrogens (tertiary/aromatic N) is 4. The maximum absolute atomic E-state index is 11.0. The molecule has 12 nitrogen and oxygen atoms in total. The van der Waals surface area contributed by atoms with Crippen molar-refractivity contribution in [3.8, 4) is 11.5 Å². The fourth-order valence-electron chi connectivity index (χ4n) is 2.85. The first-order chi connectivity index (χ1) is 14.0. The van der Waals surface area contributed by atoms with Gasteiger partial charge >= 0.3 is 7.60 Å². The minimum atomic E-state index is -4.26. The highest BCUT2D eigenvalue weighted by molar-refractivity contribution is 7.51. The van der Waals surface area contributed by atoms with E-state index in [1.807, 2.05) is 6.92 Å². The summed E-state index contributed by atoms with van der Waals surface area (Å²) in [5, 5.41) is 22.4. The van der Waals surface area contributed by atoms with E-state index in [4.69, 9.17) is 20.3 Å². The molecular formula is C17H23N6O6P. The Hall–Kier alpha value is -2.92. The molecule has 0 bridgehead atoms. The van der Waals surface area contributed by atoms with E-state index in [0.717, 1.165) is 0 Å². The second kappa shape index (κ2) is 8.44. The highest BCUT2D eigenvalue weighted by Gasteiger charge is 2.19. The number of rotatable bonds is 8. The molecule has 2 aromatic heterocycles. The van der Waals surface area contributed by atoms with Crippen molar-refractivity contribution in [1.82, 2.24) is 19.5 Å². The van der Waals surface area contributed by atoms with Crippen molar-refractivity contribution in [2.75, 3.05) is 17.4 Å². The van der Waals surface area contributed by atoms with Crippen molar-refractivity contribution in [3.63, 3.8) is 0 Å². The number of nitrogens with one attached hydrogen (secondary N) is 1. The van der Waals surface area contributed by atoms with Crippen LogP contribution in [0.15, 0.2) is 24.5 Å². The molecule has 0 saturated carbocycles. The lowest BCUT2D eigenvalue weighted by Crippen LogP contribution is -2.17. The number of anilines is 2. The molecule has 0 aliphatic rings. The van der Waals surface area contributed by atoms with E-state index in [2.05, 4.69) is 20.3 Å². The van der Waals surface area contributed by atoms with E-state index in [9.17, 15) is 14.8 Å². The van der Waals surface area contributed by atoms with Crippen LogP contribution in [-0.4, -0.2) is 52.0 Å². The van der Waals surface area contributed by atoms with Crippen LogP contribution in [0.1, 0.15) is 25.5 Å². The number of benzene rings is 1. The van der Waals surface area contributed by atoms with E-state index in [1.165, 1.54) is 18.5 Å². The smallest absolute Gasteiger partial charge is 0.350 e. The maximum Gasteiger partial charge on any atom is 0.350 e. The predicted molar refractivity (Wildman–Crippen MR) is 109 cm³/mol. The van der Waals surface area contributed by atoms with Gasteiger partial charge in [0.15, 0.2) is 28.5 Å². The molecule has 0 saturated heterocycles. The van der Waals surface area contributed by atoms with E-state index < -0.39 is 20.0 Å². The largest absolute Gasteiger partial charge is 0.504 e. The van der Waals surface area contributed by atoms with Crippen molar-refractivity contribution >= 4 is 30.5 Å². The van der Waals surface area contributed by atoms with Crippen LogP contribution < -0.4 is 11.1 Å². The van der Waals surface area contributed by atoms with Crippen molar-refractivity contribution in [2.24, 2.45) is 0 Å². The number of ether oxygens (including phenoxy) is 1. The number of aromatic nitrogens is 4. The number of aromatic hydroxyl groups is 2. The standard InChI is InChI=1S/C17H23N6O6P/c1-9(29-8-30(26,27)28)6-23-7-19-14-15(21-17(18)22-16(14)23)20-10(2)11-3-4-12(24)13(25)5-11/h3-5,7,9-10,24-25H,6,8H2,1-2H3,(H2,26,27,28)(H3,18,20,21,22). The van der Waals surface area contributed by atoms with E-state index in [1.54, 1.807) is 17.6 Å². The Morgan fingerprint density at radius 3 is 2.63 bits per heavy atom. The molecule has 0 aliphatic carbocycles. The van der Waals surface area contributed by atoms with Crippen LogP contribution in [0.5, 0.6) is 11.5 Å².